The van der Waals surface area contributed by atoms with Crippen molar-refractivity contribution in [3.63, 3.8) is 0 Å². The van der Waals surface area contributed by atoms with Gasteiger partial charge in [-0.05, 0) is 44.9 Å². The summed E-state index contributed by atoms with van der Waals surface area (Å²) in [4.78, 5) is 59.6. The third kappa shape index (κ3) is 7.89. The number of benzene rings is 1. The number of hydrogen-bond donors (Lipinski definition) is 2. The summed E-state index contributed by atoms with van der Waals surface area (Å²) >= 11 is 0. The molecule has 0 unspecified atom stereocenters. The van der Waals surface area contributed by atoms with E-state index in [0.29, 0.717) is 69.0 Å². The maximum absolute atomic E-state index is 14.6. The molecule has 3 aliphatic heterocycles. The first-order chi connectivity index (χ1) is 23.4. The van der Waals surface area contributed by atoms with Gasteiger partial charge >= 0.3 is 0 Å². The van der Waals surface area contributed by atoms with E-state index in [9.17, 15) is 18.8 Å². The van der Waals surface area contributed by atoms with E-state index in [1.165, 1.54) is 6.07 Å². The first-order valence-electron chi connectivity index (χ1n) is 16.9. The van der Waals surface area contributed by atoms with Crippen LogP contribution in [0.1, 0.15) is 110 Å². The van der Waals surface area contributed by atoms with Crippen LogP contribution in [0.15, 0.2) is 24.4 Å². The molecule has 2 N–H and O–H groups in total. The van der Waals surface area contributed by atoms with E-state index in [1.54, 1.807) is 29.0 Å². The molecule has 1 aromatic carbocycles. The largest absolute Gasteiger partial charge is 0.491 e. The summed E-state index contributed by atoms with van der Waals surface area (Å²) in [5, 5.41) is 6.12. The second-order valence-corrected chi connectivity index (χ2v) is 13.1. The molecule has 2 aromatic heterocycles. The molecular formula is C35H46FN9O4. The summed E-state index contributed by atoms with van der Waals surface area (Å²) < 4.78 is 20.1. The first kappa shape index (κ1) is 35.4. The molecule has 3 amide bonds. The van der Waals surface area contributed by atoms with Crippen LogP contribution in [-0.4, -0.2) is 86.3 Å². The lowest BCUT2D eigenvalue weighted by molar-refractivity contribution is -0.129. The van der Waals surface area contributed by atoms with Crippen molar-refractivity contribution in [2.75, 3.05) is 43.0 Å². The van der Waals surface area contributed by atoms with Gasteiger partial charge in [-0.25, -0.2) is 19.3 Å². The topological polar surface area (TPSA) is 146 Å². The molecule has 6 rings (SSSR count). The van der Waals surface area contributed by atoms with Crippen LogP contribution in [-0.2, 0) is 17.9 Å². The van der Waals surface area contributed by atoms with Gasteiger partial charge in [0.2, 0.25) is 11.9 Å². The van der Waals surface area contributed by atoms with Crippen LogP contribution in [0.5, 0.6) is 5.75 Å². The number of carbonyl (C=O) groups excluding carboxylic acids is 3. The average molecular weight is 676 g/mol. The van der Waals surface area contributed by atoms with Gasteiger partial charge in [0.05, 0.1) is 19.2 Å². The van der Waals surface area contributed by atoms with Gasteiger partial charge in [0.25, 0.3) is 11.8 Å². The van der Waals surface area contributed by atoms with Crippen molar-refractivity contribution in [1.29, 1.82) is 0 Å². The van der Waals surface area contributed by atoms with Crippen LogP contribution < -0.4 is 20.3 Å². The molecule has 0 saturated carbocycles. The van der Waals surface area contributed by atoms with Crippen molar-refractivity contribution in [3.05, 3.63) is 64.1 Å². The van der Waals surface area contributed by atoms with Crippen LogP contribution >= 0.6 is 0 Å². The standard InChI is InChI=1S/C26H35FN6O3.C9H11N3O/c1-6-13-36-22-8-7-19(14-21(22)27)17(4)28-24-20-15-33(16(2)3)25(35)23(20)29-26(30-24)32-11-9-31(10-12-32)18(5)34;1-5(2)8-10-3-6-4-11-9(13)7(6)12-8/h7-8,14,16-17H,6,9-13,15H2,1-5H3,(H,28,29,30);3,5H,4H2,1-2H3,(H,11,13)/t17-;/m1./s1. The minimum absolute atomic E-state index is 0.0179. The fraction of sp³-hybridized carbons (Fsp3) is 0.514. The zero-order valence-electron chi connectivity index (χ0n) is 29.3. The van der Waals surface area contributed by atoms with Crippen molar-refractivity contribution in [3.8, 4) is 5.75 Å². The number of anilines is 2. The molecule has 0 radical (unpaired) electrons. The summed E-state index contributed by atoms with van der Waals surface area (Å²) in [5.74, 6) is 1.69. The number of carbonyl (C=O) groups is 3. The Labute approximate surface area is 286 Å². The smallest absolute Gasteiger partial charge is 0.273 e. The molecule has 0 bridgehead atoms. The molecule has 5 heterocycles. The summed E-state index contributed by atoms with van der Waals surface area (Å²) in [6.45, 7) is 17.2. The van der Waals surface area contributed by atoms with Gasteiger partial charge in [0.15, 0.2) is 11.6 Å². The maximum Gasteiger partial charge on any atom is 0.273 e. The lowest BCUT2D eigenvalue weighted by Gasteiger charge is -2.34. The molecule has 1 atom stereocenters. The molecule has 3 aliphatic rings. The highest BCUT2D eigenvalue weighted by Gasteiger charge is 2.35. The Morgan fingerprint density at radius 1 is 1.04 bits per heavy atom. The molecular weight excluding hydrogens is 629 g/mol. The Morgan fingerprint density at radius 3 is 2.41 bits per heavy atom. The predicted octanol–water partition coefficient (Wildman–Crippen LogP) is 4.45. The van der Waals surface area contributed by atoms with Gasteiger partial charge < -0.3 is 30.1 Å². The second kappa shape index (κ2) is 15.1. The van der Waals surface area contributed by atoms with Gasteiger partial charge in [-0.3, -0.25) is 14.4 Å². The van der Waals surface area contributed by atoms with Crippen molar-refractivity contribution in [1.82, 2.24) is 35.1 Å². The number of fused-ring (bicyclic) bond motifs is 2. The number of rotatable bonds is 9. The van der Waals surface area contributed by atoms with Crippen LogP contribution in [0.2, 0.25) is 0 Å². The minimum Gasteiger partial charge on any atom is -0.491 e. The van der Waals surface area contributed by atoms with Gasteiger partial charge in [0.1, 0.15) is 23.0 Å². The van der Waals surface area contributed by atoms with E-state index in [0.717, 1.165) is 28.9 Å². The normalized spacial score (nSPS) is 15.9. The number of ether oxygens (including phenoxy) is 1. The molecule has 262 valence electrons. The molecule has 13 nitrogen and oxygen atoms in total. The predicted molar refractivity (Wildman–Crippen MR) is 183 cm³/mol. The van der Waals surface area contributed by atoms with E-state index in [-0.39, 0.29) is 41.5 Å². The molecule has 0 aliphatic carbocycles. The summed E-state index contributed by atoms with van der Waals surface area (Å²) in [6.07, 6.45) is 2.53. The Hall–Kier alpha value is -4.88. The summed E-state index contributed by atoms with van der Waals surface area (Å²) in [5.41, 5.74) is 3.32. The van der Waals surface area contributed by atoms with Gasteiger partial charge in [-0.2, -0.15) is 4.98 Å². The van der Waals surface area contributed by atoms with Crippen LogP contribution in [0.25, 0.3) is 0 Å². The number of nitrogens with zero attached hydrogens (tertiary/aromatic N) is 7. The van der Waals surface area contributed by atoms with E-state index in [4.69, 9.17) is 9.72 Å². The number of amides is 3. The lowest BCUT2D eigenvalue weighted by atomic mass is 10.1. The van der Waals surface area contributed by atoms with Crippen LogP contribution in [0.4, 0.5) is 16.2 Å². The van der Waals surface area contributed by atoms with E-state index in [1.807, 2.05) is 52.5 Å². The van der Waals surface area contributed by atoms with Crippen molar-refractivity contribution in [2.24, 2.45) is 0 Å². The zero-order chi connectivity index (χ0) is 35.4. The average Bonchev–Trinajstić information content (AvgIpc) is 3.63. The molecule has 0 spiro atoms. The third-order valence-corrected chi connectivity index (χ3v) is 8.74. The Morgan fingerprint density at radius 2 is 1.78 bits per heavy atom. The SMILES string of the molecule is CC(C)c1ncc2c(n1)C(=O)NC2.CCCOc1ccc([C@@H](C)Nc2nc(N3CCN(C(C)=O)CC3)nc3c2CN(C(C)C)C3=O)cc1F. The Kier molecular flexibility index (Phi) is 10.9. The highest BCUT2D eigenvalue weighted by Crippen LogP contribution is 2.33. The number of nitrogens with one attached hydrogen (secondary N) is 2. The fourth-order valence-corrected chi connectivity index (χ4v) is 5.76. The molecule has 14 heteroatoms. The lowest BCUT2D eigenvalue weighted by Crippen LogP contribution is -2.48. The monoisotopic (exact) mass is 675 g/mol. The van der Waals surface area contributed by atoms with Crippen molar-refractivity contribution < 1.29 is 23.5 Å². The van der Waals surface area contributed by atoms with Gasteiger partial charge in [-0.1, -0.05) is 26.8 Å². The third-order valence-electron chi connectivity index (χ3n) is 8.74. The molecule has 3 aromatic rings. The number of hydrogen-bond acceptors (Lipinski definition) is 10. The van der Waals surface area contributed by atoms with Crippen LogP contribution in [0, 0.1) is 5.82 Å². The summed E-state index contributed by atoms with van der Waals surface area (Å²) in [7, 11) is 0. The number of piperazine rings is 1. The highest BCUT2D eigenvalue weighted by atomic mass is 19.1. The molecule has 1 fully saturated rings. The van der Waals surface area contributed by atoms with E-state index in [2.05, 4.69) is 25.6 Å². The quantitative estimate of drug-likeness (QED) is 0.334. The van der Waals surface area contributed by atoms with Gasteiger partial charge in [-0.15, -0.1) is 0 Å². The van der Waals surface area contributed by atoms with Crippen molar-refractivity contribution >= 4 is 29.5 Å². The number of aromatic nitrogens is 4. The van der Waals surface area contributed by atoms with Crippen LogP contribution in [0.3, 0.4) is 0 Å². The second-order valence-electron chi connectivity index (χ2n) is 13.1. The maximum atomic E-state index is 14.6. The first-order valence-corrected chi connectivity index (χ1v) is 16.9. The van der Waals surface area contributed by atoms with Gasteiger partial charge in [0, 0.05) is 68.9 Å². The van der Waals surface area contributed by atoms with E-state index >= 15 is 0 Å². The van der Waals surface area contributed by atoms with Crippen molar-refractivity contribution in [2.45, 2.75) is 86.0 Å². The Balaban J connectivity index is 0.000000299. The molecule has 49 heavy (non-hydrogen) atoms. The van der Waals surface area contributed by atoms with E-state index < -0.39 is 5.82 Å². The molecule has 1 saturated heterocycles. The summed E-state index contributed by atoms with van der Waals surface area (Å²) in [6, 6.07) is 4.69. The number of halogens is 1. The zero-order valence-corrected chi connectivity index (χ0v) is 29.3. The minimum atomic E-state index is -0.410. The Bertz CT molecular complexity index is 1710. The fourth-order valence-electron chi connectivity index (χ4n) is 5.76. The highest BCUT2D eigenvalue weighted by molar-refractivity contribution is 5.98.